The van der Waals surface area contributed by atoms with Crippen LogP contribution in [-0.4, -0.2) is 176 Å². The molecule has 8 fully saturated rings. The summed E-state index contributed by atoms with van der Waals surface area (Å²) >= 11 is 0. The molecule has 0 bridgehead atoms. The highest BCUT2D eigenvalue weighted by molar-refractivity contribution is 5.28. The quantitative estimate of drug-likeness (QED) is 0.144. The predicted octanol–water partition coefficient (Wildman–Crippen LogP) is -0.174. The van der Waals surface area contributed by atoms with Gasteiger partial charge >= 0.3 is 0 Å². The van der Waals surface area contributed by atoms with Crippen LogP contribution in [0.1, 0.15) is 86.0 Å². The summed E-state index contributed by atoms with van der Waals surface area (Å²) in [7, 11) is 0. The van der Waals surface area contributed by atoms with Crippen molar-refractivity contribution in [2.75, 3.05) is 26.4 Å². The first-order valence-electron chi connectivity index (χ1n) is 22.8. The van der Waals surface area contributed by atoms with E-state index in [2.05, 4.69) is 33.8 Å². The first-order chi connectivity index (χ1) is 28.8. The Balaban J connectivity index is 0.919. The lowest BCUT2D eigenvalue weighted by Crippen LogP contribution is -2.63. The molecule has 5 heterocycles. The molecule has 0 aromatic heterocycles. The Morgan fingerprint density at radius 2 is 1.54 bits per heavy atom. The van der Waals surface area contributed by atoms with E-state index < -0.39 is 110 Å². The van der Waals surface area contributed by atoms with E-state index in [-0.39, 0.29) is 47.9 Å². The van der Waals surface area contributed by atoms with Gasteiger partial charge in [0.25, 0.3) is 0 Å². The minimum absolute atomic E-state index is 0.0504. The maximum atomic E-state index is 11.4. The molecule has 0 radical (unpaired) electrons. The van der Waals surface area contributed by atoms with Gasteiger partial charge < -0.3 is 83.9 Å². The van der Waals surface area contributed by atoms with Crippen molar-refractivity contribution in [3.63, 3.8) is 0 Å². The maximum absolute atomic E-state index is 11.4. The van der Waals surface area contributed by atoms with Crippen molar-refractivity contribution >= 4 is 0 Å². The first kappa shape index (κ1) is 45.2. The Kier molecular flexibility index (Phi) is 12.2. The van der Waals surface area contributed by atoms with Crippen LogP contribution in [0.4, 0.5) is 0 Å². The van der Waals surface area contributed by atoms with Gasteiger partial charge in [0.05, 0.1) is 50.8 Å². The topological polar surface area (TPSA) is 256 Å². The molecule has 0 unspecified atom stereocenters. The fourth-order valence-electron chi connectivity index (χ4n) is 13.7. The predicted molar refractivity (Wildman–Crippen MR) is 210 cm³/mol. The molecular formula is C44H70O17. The minimum Gasteiger partial charge on any atom is -0.394 e. The number of hydrogen-bond acceptors (Lipinski definition) is 17. The van der Waals surface area contributed by atoms with E-state index in [0.717, 1.165) is 32.1 Å². The Morgan fingerprint density at radius 3 is 2.26 bits per heavy atom. The molecule has 348 valence electrons. The number of aliphatic hydroxyl groups excluding tert-OH is 8. The van der Waals surface area contributed by atoms with Crippen molar-refractivity contribution in [3.8, 4) is 0 Å². The Morgan fingerprint density at radius 1 is 0.803 bits per heavy atom. The molecule has 3 saturated carbocycles. The normalized spacial score (nSPS) is 58.2. The van der Waals surface area contributed by atoms with Gasteiger partial charge in [-0.2, -0.15) is 0 Å². The fourth-order valence-corrected chi connectivity index (χ4v) is 13.7. The van der Waals surface area contributed by atoms with Gasteiger partial charge in [-0.15, -0.1) is 0 Å². The van der Waals surface area contributed by atoms with Gasteiger partial charge in [0.2, 0.25) is 0 Å². The van der Waals surface area contributed by atoms with Crippen molar-refractivity contribution in [2.45, 2.75) is 189 Å². The number of allylic oxidation sites excluding steroid dienone is 1. The third-order valence-electron chi connectivity index (χ3n) is 17.5. The second kappa shape index (κ2) is 16.4. The average Bonchev–Trinajstić information content (AvgIpc) is 3.80. The third kappa shape index (κ3) is 7.23. The summed E-state index contributed by atoms with van der Waals surface area (Å²) in [5.41, 5.74) is -1.30. The van der Waals surface area contributed by atoms with E-state index in [9.17, 15) is 46.0 Å². The Labute approximate surface area is 357 Å². The van der Waals surface area contributed by atoms with E-state index in [1.165, 1.54) is 12.5 Å². The second-order valence-corrected chi connectivity index (χ2v) is 20.9. The number of hydrogen-bond donors (Lipinski definition) is 9. The molecule has 5 aliphatic heterocycles. The van der Waals surface area contributed by atoms with Crippen LogP contribution in [-0.2, 0) is 37.9 Å². The molecular weight excluding hydrogens is 800 g/mol. The van der Waals surface area contributed by atoms with Crippen LogP contribution in [0.15, 0.2) is 11.6 Å². The molecule has 25 atom stereocenters. The standard InChI is InChI=1S/C44H70O17/c1-19-8-11-44(56-16-19)20(2)30-27(61-44)13-26-24-7-6-22-12-23(58-40-37(52)43(53,18-55-40)17-54-38-35(50)33(48)31(46)21(3)57-38)9-10-41(22,4)25(24)14-29(42(26,30)5)60-39-36(51)34(49)32(47)28(15-45)59-39/h6,19-21,23-40,45-53H,7-18H2,1-5H3/t19-,20+,21-,23+,24-,25+,26+,27+,28-,29+,30+,31-,32+,33-,34+,35-,36-,37+,38-,39+,40+,41+,42-,43-,44-/m1/s1. The largest absolute Gasteiger partial charge is 0.394 e. The van der Waals surface area contributed by atoms with Gasteiger partial charge in [-0.1, -0.05) is 39.3 Å². The van der Waals surface area contributed by atoms with Crippen LogP contribution in [0.2, 0.25) is 0 Å². The highest BCUT2D eigenvalue weighted by Crippen LogP contribution is 2.71. The molecule has 4 aliphatic carbocycles. The van der Waals surface area contributed by atoms with Crippen molar-refractivity contribution in [1.29, 1.82) is 0 Å². The van der Waals surface area contributed by atoms with Gasteiger partial charge in [-0.25, -0.2) is 0 Å². The van der Waals surface area contributed by atoms with Crippen molar-refractivity contribution in [1.82, 2.24) is 0 Å². The Hall–Kier alpha value is -0.940. The molecule has 9 N–H and O–H groups in total. The van der Waals surface area contributed by atoms with E-state index in [1.54, 1.807) is 0 Å². The molecule has 17 nitrogen and oxygen atoms in total. The van der Waals surface area contributed by atoms with Crippen LogP contribution in [0.25, 0.3) is 0 Å². The van der Waals surface area contributed by atoms with E-state index in [0.29, 0.717) is 37.7 Å². The fraction of sp³-hybridized carbons (Fsp3) is 0.955. The minimum atomic E-state index is -1.88. The van der Waals surface area contributed by atoms with Crippen LogP contribution in [0, 0.1) is 46.3 Å². The third-order valence-corrected chi connectivity index (χ3v) is 17.5. The van der Waals surface area contributed by atoms with Gasteiger partial charge in [0.15, 0.2) is 24.7 Å². The van der Waals surface area contributed by atoms with Crippen molar-refractivity contribution in [3.05, 3.63) is 11.6 Å². The lowest BCUT2D eigenvalue weighted by atomic mass is 9.46. The number of ether oxygens (including phenoxy) is 8. The summed E-state index contributed by atoms with van der Waals surface area (Å²) < 4.78 is 49.9. The van der Waals surface area contributed by atoms with Crippen molar-refractivity contribution in [2.24, 2.45) is 46.3 Å². The zero-order valence-corrected chi connectivity index (χ0v) is 36.0. The van der Waals surface area contributed by atoms with Crippen LogP contribution in [0.3, 0.4) is 0 Å². The summed E-state index contributed by atoms with van der Waals surface area (Å²) in [5.74, 6) is 0.639. The molecule has 0 amide bonds. The SMILES string of the molecule is C[C@@H]1CC[C@@]2(OC1)O[C@H]1C[C@H]3[C@@H]4CC=C5C[C@@H](O[C@@H]6OC[C@](O)(CO[C@@H]7O[C@H](C)[C@@H](O)[C@@H](O)[C@H]7O)[C@H]6O)CC[C@]5(C)[C@H]4C[C@H](O[C@@H]4O[C@H](CO)[C@H](O)[C@H](O)[C@H]4O)[C@]3(C)[C@H]1[C@@H]2C. The lowest BCUT2D eigenvalue weighted by Gasteiger charge is -2.61. The molecule has 61 heavy (non-hydrogen) atoms. The van der Waals surface area contributed by atoms with Crippen LogP contribution >= 0.6 is 0 Å². The second-order valence-electron chi connectivity index (χ2n) is 20.9. The number of rotatable bonds is 8. The van der Waals surface area contributed by atoms with Crippen LogP contribution in [0.5, 0.6) is 0 Å². The van der Waals surface area contributed by atoms with Crippen molar-refractivity contribution < 1.29 is 83.9 Å². The summed E-state index contributed by atoms with van der Waals surface area (Å²) in [6.07, 6.45) is -8.34. The molecule has 9 rings (SSSR count). The number of fused-ring (bicyclic) bond motifs is 7. The van der Waals surface area contributed by atoms with Gasteiger partial charge in [-0.05, 0) is 81.0 Å². The molecule has 0 aromatic rings. The first-order valence-corrected chi connectivity index (χ1v) is 22.8. The van der Waals surface area contributed by atoms with Crippen LogP contribution < -0.4 is 0 Å². The van der Waals surface area contributed by atoms with Gasteiger partial charge in [-0.3, -0.25) is 0 Å². The summed E-state index contributed by atoms with van der Waals surface area (Å²) in [4.78, 5) is 0. The van der Waals surface area contributed by atoms with E-state index in [4.69, 9.17) is 37.9 Å². The zero-order chi connectivity index (χ0) is 43.6. The monoisotopic (exact) mass is 870 g/mol. The molecule has 0 aromatic carbocycles. The maximum Gasteiger partial charge on any atom is 0.186 e. The lowest BCUT2D eigenvalue weighted by molar-refractivity contribution is -0.331. The van der Waals surface area contributed by atoms with Gasteiger partial charge in [0, 0.05) is 23.7 Å². The molecule has 9 aliphatic rings. The summed E-state index contributed by atoms with van der Waals surface area (Å²) in [6.45, 7) is 9.92. The highest BCUT2D eigenvalue weighted by Gasteiger charge is 2.72. The summed E-state index contributed by atoms with van der Waals surface area (Å²) in [6, 6.07) is 0. The van der Waals surface area contributed by atoms with E-state index in [1.807, 2.05) is 0 Å². The Bertz CT molecular complexity index is 1610. The average molecular weight is 871 g/mol. The summed E-state index contributed by atoms with van der Waals surface area (Å²) in [5, 5.41) is 95.9. The molecule has 1 spiro atoms. The molecule has 5 saturated heterocycles. The van der Waals surface area contributed by atoms with Gasteiger partial charge in [0.1, 0.15) is 54.4 Å². The highest BCUT2D eigenvalue weighted by atomic mass is 16.7. The van der Waals surface area contributed by atoms with E-state index >= 15 is 0 Å². The smallest absolute Gasteiger partial charge is 0.186 e. The molecule has 17 heteroatoms. The zero-order valence-electron chi connectivity index (χ0n) is 36.0. The number of aliphatic hydroxyl groups is 9.